The third kappa shape index (κ3) is 3.51. The second kappa shape index (κ2) is 6.86. The summed E-state index contributed by atoms with van der Waals surface area (Å²) in [5, 5.41) is 3.43. The van der Waals surface area contributed by atoms with Crippen LogP contribution in [0.15, 0.2) is 36.4 Å². The normalized spacial score (nSPS) is 12.4. The summed E-state index contributed by atoms with van der Waals surface area (Å²) >= 11 is 0. The standard InChI is InChI=1S/C19H24FN/c1-5-21-18(16-11-7-10-15(4)19(16)20)12-17-13(2)8-6-9-14(17)3/h6-11,18,21H,5,12H2,1-4H3. The number of benzene rings is 2. The van der Waals surface area contributed by atoms with Crippen molar-refractivity contribution in [3.63, 3.8) is 0 Å². The first-order valence-electron chi connectivity index (χ1n) is 7.58. The van der Waals surface area contributed by atoms with Gasteiger partial charge in [0.2, 0.25) is 0 Å². The molecule has 1 nitrogen and oxygen atoms in total. The van der Waals surface area contributed by atoms with Gasteiger partial charge in [0.1, 0.15) is 5.82 Å². The molecule has 0 heterocycles. The van der Waals surface area contributed by atoms with Crippen LogP contribution in [0.5, 0.6) is 0 Å². The number of aryl methyl sites for hydroxylation is 3. The molecular weight excluding hydrogens is 261 g/mol. The highest BCUT2D eigenvalue weighted by Gasteiger charge is 2.18. The van der Waals surface area contributed by atoms with E-state index in [0.717, 1.165) is 18.5 Å². The van der Waals surface area contributed by atoms with Gasteiger partial charge in [-0.05, 0) is 56.0 Å². The number of rotatable bonds is 5. The zero-order valence-electron chi connectivity index (χ0n) is 13.3. The van der Waals surface area contributed by atoms with Gasteiger partial charge in [0.25, 0.3) is 0 Å². The molecule has 0 fully saturated rings. The smallest absolute Gasteiger partial charge is 0.130 e. The molecule has 1 unspecified atom stereocenters. The lowest BCUT2D eigenvalue weighted by molar-refractivity contribution is 0.505. The Morgan fingerprint density at radius 1 is 0.952 bits per heavy atom. The molecule has 1 atom stereocenters. The number of hydrogen-bond acceptors (Lipinski definition) is 1. The molecule has 0 saturated carbocycles. The molecule has 2 aromatic carbocycles. The molecule has 2 rings (SSSR count). The van der Waals surface area contributed by atoms with Gasteiger partial charge in [-0.1, -0.05) is 43.3 Å². The van der Waals surface area contributed by atoms with Crippen molar-refractivity contribution in [2.24, 2.45) is 0 Å². The van der Waals surface area contributed by atoms with Crippen LogP contribution in [0.25, 0.3) is 0 Å². The molecule has 112 valence electrons. The summed E-state index contributed by atoms with van der Waals surface area (Å²) in [7, 11) is 0. The molecule has 0 amide bonds. The Labute approximate surface area is 127 Å². The minimum atomic E-state index is -0.0883. The Kier molecular flexibility index (Phi) is 5.13. The first-order chi connectivity index (χ1) is 10.0. The van der Waals surface area contributed by atoms with Crippen LogP contribution in [0.3, 0.4) is 0 Å². The predicted octanol–water partition coefficient (Wildman–Crippen LogP) is 4.64. The van der Waals surface area contributed by atoms with Crippen molar-refractivity contribution >= 4 is 0 Å². The predicted molar refractivity (Wildman–Crippen MR) is 87.2 cm³/mol. The second-order valence-electron chi connectivity index (χ2n) is 5.66. The average molecular weight is 285 g/mol. The SMILES string of the molecule is CCNC(Cc1c(C)cccc1C)c1cccc(C)c1F. The molecule has 21 heavy (non-hydrogen) atoms. The Hall–Kier alpha value is -1.67. The molecule has 0 radical (unpaired) electrons. The fraction of sp³-hybridized carbons (Fsp3) is 0.368. The van der Waals surface area contributed by atoms with E-state index >= 15 is 0 Å². The van der Waals surface area contributed by atoms with Crippen LogP contribution in [-0.4, -0.2) is 6.54 Å². The van der Waals surface area contributed by atoms with Crippen LogP contribution in [0.4, 0.5) is 4.39 Å². The molecule has 2 heteroatoms. The third-order valence-electron chi connectivity index (χ3n) is 4.10. The largest absolute Gasteiger partial charge is 0.310 e. The van der Waals surface area contributed by atoms with Gasteiger partial charge in [-0.25, -0.2) is 4.39 Å². The number of nitrogens with one attached hydrogen (secondary N) is 1. The first-order valence-corrected chi connectivity index (χ1v) is 7.58. The lowest BCUT2D eigenvalue weighted by Gasteiger charge is -2.22. The van der Waals surface area contributed by atoms with Crippen LogP contribution in [0.2, 0.25) is 0 Å². The molecule has 0 saturated heterocycles. The van der Waals surface area contributed by atoms with Gasteiger partial charge in [-0.3, -0.25) is 0 Å². The number of likely N-dealkylation sites (N-methyl/N-ethyl adjacent to an activating group) is 1. The molecular formula is C19H24FN. The molecule has 0 spiro atoms. The molecule has 0 aliphatic rings. The highest BCUT2D eigenvalue weighted by atomic mass is 19.1. The summed E-state index contributed by atoms with van der Waals surface area (Å²) in [6.07, 6.45) is 0.812. The van der Waals surface area contributed by atoms with E-state index in [1.54, 1.807) is 0 Å². The molecule has 0 aliphatic carbocycles. The Bertz CT molecular complexity index is 599. The van der Waals surface area contributed by atoms with E-state index < -0.39 is 0 Å². The molecule has 2 aromatic rings. The van der Waals surface area contributed by atoms with E-state index in [0.29, 0.717) is 5.56 Å². The summed E-state index contributed by atoms with van der Waals surface area (Å²) < 4.78 is 14.4. The summed E-state index contributed by atoms with van der Waals surface area (Å²) in [6, 6.07) is 12.0. The second-order valence-corrected chi connectivity index (χ2v) is 5.66. The monoisotopic (exact) mass is 285 g/mol. The van der Waals surface area contributed by atoms with E-state index in [1.807, 2.05) is 25.1 Å². The van der Waals surface area contributed by atoms with Gasteiger partial charge in [0, 0.05) is 11.6 Å². The molecule has 0 bridgehead atoms. The van der Waals surface area contributed by atoms with Gasteiger partial charge >= 0.3 is 0 Å². The molecule has 1 N–H and O–H groups in total. The van der Waals surface area contributed by atoms with Gasteiger partial charge in [0.15, 0.2) is 0 Å². The van der Waals surface area contributed by atoms with Gasteiger partial charge in [-0.2, -0.15) is 0 Å². The summed E-state index contributed by atoms with van der Waals surface area (Å²) in [6.45, 7) is 8.95. The summed E-state index contributed by atoms with van der Waals surface area (Å²) in [4.78, 5) is 0. The quantitative estimate of drug-likeness (QED) is 0.843. The maximum absolute atomic E-state index is 14.4. The first kappa shape index (κ1) is 15.7. The fourth-order valence-electron chi connectivity index (χ4n) is 2.85. The Morgan fingerprint density at radius 2 is 1.52 bits per heavy atom. The minimum absolute atomic E-state index is 0.00898. The van der Waals surface area contributed by atoms with Crippen LogP contribution in [0.1, 0.15) is 40.8 Å². The van der Waals surface area contributed by atoms with E-state index in [1.165, 1.54) is 16.7 Å². The van der Waals surface area contributed by atoms with Crippen LogP contribution < -0.4 is 5.32 Å². The summed E-state index contributed by atoms with van der Waals surface area (Å²) in [5.74, 6) is -0.0883. The van der Waals surface area contributed by atoms with E-state index in [-0.39, 0.29) is 11.9 Å². The van der Waals surface area contributed by atoms with E-state index in [9.17, 15) is 4.39 Å². The van der Waals surface area contributed by atoms with Gasteiger partial charge < -0.3 is 5.32 Å². The lowest BCUT2D eigenvalue weighted by atomic mass is 9.92. The average Bonchev–Trinajstić information content (AvgIpc) is 2.45. The maximum Gasteiger partial charge on any atom is 0.130 e. The van der Waals surface area contributed by atoms with E-state index in [4.69, 9.17) is 0 Å². The van der Waals surface area contributed by atoms with Crippen molar-refractivity contribution in [3.8, 4) is 0 Å². The number of halogens is 1. The Morgan fingerprint density at radius 3 is 2.14 bits per heavy atom. The topological polar surface area (TPSA) is 12.0 Å². The van der Waals surface area contributed by atoms with Crippen molar-refractivity contribution < 1.29 is 4.39 Å². The summed E-state index contributed by atoms with van der Waals surface area (Å²) in [5.41, 5.74) is 5.32. The lowest BCUT2D eigenvalue weighted by Crippen LogP contribution is -2.24. The van der Waals surface area contributed by atoms with Crippen LogP contribution in [-0.2, 0) is 6.42 Å². The van der Waals surface area contributed by atoms with Gasteiger partial charge in [-0.15, -0.1) is 0 Å². The molecule has 0 aliphatic heterocycles. The molecule has 0 aromatic heterocycles. The highest BCUT2D eigenvalue weighted by molar-refractivity contribution is 5.36. The highest BCUT2D eigenvalue weighted by Crippen LogP contribution is 2.26. The van der Waals surface area contributed by atoms with Crippen LogP contribution in [0, 0.1) is 26.6 Å². The van der Waals surface area contributed by atoms with Crippen molar-refractivity contribution in [1.29, 1.82) is 0 Å². The van der Waals surface area contributed by atoms with Crippen molar-refractivity contribution in [3.05, 3.63) is 70.0 Å². The minimum Gasteiger partial charge on any atom is -0.310 e. The van der Waals surface area contributed by atoms with Crippen molar-refractivity contribution in [1.82, 2.24) is 5.32 Å². The van der Waals surface area contributed by atoms with Crippen LogP contribution >= 0.6 is 0 Å². The Balaban J connectivity index is 2.38. The van der Waals surface area contributed by atoms with Crippen molar-refractivity contribution in [2.75, 3.05) is 6.54 Å². The van der Waals surface area contributed by atoms with Gasteiger partial charge in [0.05, 0.1) is 0 Å². The maximum atomic E-state index is 14.4. The van der Waals surface area contributed by atoms with Crippen molar-refractivity contribution in [2.45, 2.75) is 40.2 Å². The van der Waals surface area contributed by atoms with E-state index in [2.05, 4.69) is 44.3 Å². The third-order valence-corrected chi connectivity index (χ3v) is 4.10. The zero-order valence-corrected chi connectivity index (χ0v) is 13.3. The number of hydrogen-bond donors (Lipinski definition) is 1. The fourth-order valence-corrected chi connectivity index (χ4v) is 2.85. The zero-order chi connectivity index (χ0) is 15.4.